The summed E-state index contributed by atoms with van der Waals surface area (Å²) in [5, 5.41) is 7.03. The summed E-state index contributed by atoms with van der Waals surface area (Å²) in [7, 11) is 0. The van der Waals surface area contributed by atoms with Gasteiger partial charge >= 0.3 is 6.03 Å². The number of para-hydroxylation sites is 1. The number of carbonyl (C=O) groups excluding carboxylic acids is 1. The summed E-state index contributed by atoms with van der Waals surface area (Å²) in [6.45, 7) is 0.336. The van der Waals surface area contributed by atoms with Crippen LogP contribution in [0, 0.1) is 0 Å². The number of amides is 2. The molecular weight excluding hydrogens is 154 g/mol. The van der Waals surface area contributed by atoms with Crippen LogP contribution in [0.5, 0.6) is 0 Å². The summed E-state index contributed by atoms with van der Waals surface area (Å²) in [6.07, 6.45) is 0. The molecule has 0 spiro atoms. The molecule has 12 heavy (non-hydrogen) atoms. The zero-order valence-electron chi connectivity index (χ0n) is 6.34. The fourth-order valence-corrected chi connectivity index (χ4v) is 1.07. The molecule has 2 rings (SSSR count). The Labute approximate surface area is 69.5 Å². The average Bonchev–Trinajstić information content (AvgIpc) is 2.53. The van der Waals surface area contributed by atoms with Crippen molar-refractivity contribution in [3.05, 3.63) is 30.3 Å². The van der Waals surface area contributed by atoms with E-state index >= 15 is 0 Å². The molecule has 4 nitrogen and oxygen atoms in total. The lowest BCUT2D eigenvalue weighted by atomic mass is 10.3. The maximum absolute atomic E-state index is 11.0. The van der Waals surface area contributed by atoms with Gasteiger partial charge in [-0.05, 0) is 12.1 Å². The van der Waals surface area contributed by atoms with Crippen LogP contribution in [0.4, 0.5) is 10.5 Å². The third kappa shape index (κ3) is 1.07. The van der Waals surface area contributed by atoms with Crippen LogP contribution < -0.4 is 4.90 Å². The fourth-order valence-electron chi connectivity index (χ4n) is 1.07. The molecule has 1 aliphatic heterocycles. The molecule has 2 amide bonds. The summed E-state index contributed by atoms with van der Waals surface area (Å²) in [6, 6.07) is 9.07. The standard InChI is InChI=1S/C8H7N3O/c12-8-10-9-6-11(8)7-4-2-1-3-5-7/h1-5H,6H2. The van der Waals surface area contributed by atoms with E-state index in [4.69, 9.17) is 0 Å². The van der Waals surface area contributed by atoms with E-state index in [1.165, 1.54) is 4.90 Å². The minimum atomic E-state index is -0.291. The van der Waals surface area contributed by atoms with Gasteiger partial charge in [-0.1, -0.05) is 23.3 Å². The van der Waals surface area contributed by atoms with Crippen LogP contribution in [-0.2, 0) is 0 Å². The van der Waals surface area contributed by atoms with E-state index in [1.54, 1.807) is 0 Å². The van der Waals surface area contributed by atoms with Crippen molar-refractivity contribution >= 4 is 11.7 Å². The highest BCUT2D eigenvalue weighted by Crippen LogP contribution is 2.17. The molecule has 0 fully saturated rings. The second kappa shape index (κ2) is 2.73. The summed E-state index contributed by atoms with van der Waals surface area (Å²) >= 11 is 0. The van der Waals surface area contributed by atoms with Gasteiger partial charge in [-0.15, -0.1) is 0 Å². The first-order valence-electron chi connectivity index (χ1n) is 3.62. The molecule has 0 N–H and O–H groups in total. The van der Waals surface area contributed by atoms with Gasteiger partial charge in [-0.3, -0.25) is 4.90 Å². The molecule has 0 radical (unpaired) electrons. The van der Waals surface area contributed by atoms with Gasteiger partial charge in [0.2, 0.25) is 0 Å². The van der Waals surface area contributed by atoms with Crippen LogP contribution in [0.3, 0.4) is 0 Å². The van der Waals surface area contributed by atoms with Gasteiger partial charge in [0.25, 0.3) is 0 Å². The van der Waals surface area contributed by atoms with Crippen molar-refractivity contribution in [3.8, 4) is 0 Å². The minimum absolute atomic E-state index is 0.291. The van der Waals surface area contributed by atoms with Gasteiger partial charge in [0, 0.05) is 5.69 Å². The summed E-state index contributed by atoms with van der Waals surface area (Å²) < 4.78 is 0. The normalized spacial score (nSPS) is 15.7. The lowest BCUT2D eigenvalue weighted by Crippen LogP contribution is -2.22. The number of anilines is 1. The molecule has 0 bridgehead atoms. The number of rotatable bonds is 1. The highest BCUT2D eigenvalue weighted by Gasteiger charge is 2.18. The number of azo groups is 1. The molecule has 0 saturated carbocycles. The fraction of sp³-hybridized carbons (Fsp3) is 0.125. The number of hydrogen-bond acceptors (Lipinski definition) is 2. The molecule has 0 unspecified atom stereocenters. The van der Waals surface area contributed by atoms with E-state index in [0.717, 1.165) is 5.69 Å². The molecule has 0 atom stereocenters. The van der Waals surface area contributed by atoms with E-state index in [0.29, 0.717) is 6.67 Å². The Kier molecular flexibility index (Phi) is 1.59. The topological polar surface area (TPSA) is 45.0 Å². The van der Waals surface area contributed by atoms with E-state index in [9.17, 15) is 4.79 Å². The van der Waals surface area contributed by atoms with E-state index in [1.807, 2.05) is 30.3 Å². The average molecular weight is 161 g/mol. The molecule has 0 aliphatic carbocycles. The van der Waals surface area contributed by atoms with Gasteiger partial charge in [0.05, 0.1) is 0 Å². The highest BCUT2D eigenvalue weighted by atomic mass is 16.2. The van der Waals surface area contributed by atoms with Crippen molar-refractivity contribution in [2.75, 3.05) is 11.6 Å². The molecule has 1 heterocycles. The van der Waals surface area contributed by atoms with Gasteiger partial charge in [0.1, 0.15) is 6.67 Å². The van der Waals surface area contributed by atoms with E-state index in [-0.39, 0.29) is 6.03 Å². The van der Waals surface area contributed by atoms with Crippen molar-refractivity contribution in [2.24, 2.45) is 10.2 Å². The number of hydrogen-bond donors (Lipinski definition) is 0. The lowest BCUT2D eigenvalue weighted by Gasteiger charge is -2.11. The lowest BCUT2D eigenvalue weighted by molar-refractivity contribution is 0.256. The highest BCUT2D eigenvalue weighted by molar-refractivity contribution is 5.93. The van der Waals surface area contributed by atoms with Crippen LogP contribution in [0.15, 0.2) is 40.6 Å². The number of urea groups is 1. The number of carbonyl (C=O) groups is 1. The van der Waals surface area contributed by atoms with Gasteiger partial charge in [0.15, 0.2) is 0 Å². The summed E-state index contributed by atoms with van der Waals surface area (Å²) in [4.78, 5) is 12.6. The molecule has 60 valence electrons. The largest absolute Gasteiger partial charge is 0.367 e. The minimum Gasteiger partial charge on any atom is -0.269 e. The van der Waals surface area contributed by atoms with Crippen molar-refractivity contribution in [2.45, 2.75) is 0 Å². The predicted octanol–water partition coefficient (Wildman–Crippen LogP) is 2.04. The third-order valence-corrected chi connectivity index (χ3v) is 1.66. The van der Waals surface area contributed by atoms with Crippen molar-refractivity contribution in [1.82, 2.24) is 0 Å². The monoisotopic (exact) mass is 161 g/mol. The Hall–Kier alpha value is -1.71. The molecule has 1 aromatic rings. The van der Waals surface area contributed by atoms with E-state index in [2.05, 4.69) is 10.2 Å². The van der Waals surface area contributed by atoms with Crippen molar-refractivity contribution in [1.29, 1.82) is 0 Å². The van der Waals surface area contributed by atoms with Gasteiger partial charge in [-0.25, -0.2) is 4.79 Å². The number of benzene rings is 1. The Bertz CT molecular complexity index is 320. The first kappa shape index (κ1) is 6.97. The zero-order valence-corrected chi connectivity index (χ0v) is 6.34. The Morgan fingerprint density at radius 2 is 2.00 bits per heavy atom. The Balaban J connectivity index is 2.27. The summed E-state index contributed by atoms with van der Waals surface area (Å²) in [5.74, 6) is 0. The van der Waals surface area contributed by atoms with E-state index < -0.39 is 0 Å². The number of nitrogens with zero attached hydrogens (tertiary/aromatic N) is 3. The maximum atomic E-state index is 11.0. The smallest absolute Gasteiger partial charge is 0.269 e. The Morgan fingerprint density at radius 1 is 1.25 bits per heavy atom. The van der Waals surface area contributed by atoms with Crippen LogP contribution in [0.25, 0.3) is 0 Å². The van der Waals surface area contributed by atoms with Crippen molar-refractivity contribution < 1.29 is 4.79 Å². The SMILES string of the molecule is O=C1N=NCN1c1ccccc1. The quantitative estimate of drug-likeness (QED) is 0.621. The van der Waals surface area contributed by atoms with Crippen molar-refractivity contribution in [3.63, 3.8) is 0 Å². The zero-order chi connectivity index (χ0) is 8.39. The van der Waals surface area contributed by atoms with Crippen LogP contribution in [-0.4, -0.2) is 12.7 Å². The molecule has 0 saturated heterocycles. The molecule has 1 aliphatic rings. The first-order valence-corrected chi connectivity index (χ1v) is 3.62. The third-order valence-electron chi connectivity index (χ3n) is 1.66. The van der Waals surface area contributed by atoms with Crippen LogP contribution >= 0.6 is 0 Å². The maximum Gasteiger partial charge on any atom is 0.367 e. The van der Waals surface area contributed by atoms with Crippen LogP contribution in [0.1, 0.15) is 0 Å². The van der Waals surface area contributed by atoms with Gasteiger partial charge in [-0.2, -0.15) is 5.11 Å². The summed E-state index contributed by atoms with van der Waals surface area (Å²) in [5.41, 5.74) is 0.840. The van der Waals surface area contributed by atoms with Crippen LogP contribution in [0.2, 0.25) is 0 Å². The second-order valence-electron chi connectivity index (χ2n) is 2.43. The molecule has 4 heteroatoms. The van der Waals surface area contributed by atoms with Gasteiger partial charge < -0.3 is 0 Å². The predicted molar refractivity (Wildman–Crippen MR) is 44.0 cm³/mol. The second-order valence-corrected chi connectivity index (χ2v) is 2.43. The first-order chi connectivity index (χ1) is 5.88. The Morgan fingerprint density at radius 3 is 2.58 bits per heavy atom. The molecule has 0 aromatic heterocycles. The molecular formula is C8H7N3O. The molecule has 1 aromatic carbocycles.